The number of ether oxygens (including phenoxy) is 1. The maximum absolute atomic E-state index is 6.09. The first-order valence-electron chi connectivity index (χ1n) is 14.5. The van der Waals surface area contributed by atoms with Crippen LogP contribution in [0.2, 0.25) is 5.02 Å². The minimum absolute atomic E-state index is 0.389. The van der Waals surface area contributed by atoms with E-state index < -0.39 is 0 Å². The molecule has 8 heteroatoms. The molecule has 0 radical (unpaired) electrons. The van der Waals surface area contributed by atoms with Crippen molar-refractivity contribution in [2.45, 2.75) is 65.1 Å². The largest absolute Gasteiger partial charge is 0.422 e. The normalized spacial score (nSPS) is 20.9. The maximum atomic E-state index is 6.09. The summed E-state index contributed by atoms with van der Waals surface area (Å²) >= 11 is 6.09. The summed E-state index contributed by atoms with van der Waals surface area (Å²) in [5, 5.41) is 3.83. The first-order valence-corrected chi connectivity index (χ1v) is 14.9. The van der Waals surface area contributed by atoms with Crippen LogP contribution < -0.4 is 10.2 Å². The number of hydrogen-bond donors (Lipinski definition) is 1. The summed E-state index contributed by atoms with van der Waals surface area (Å²) < 4.78 is 5.80. The molecule has 1 N–H and O–H groups in total. The highest BCUT2D eigenvalue weighted by Crippen LogP contribution is 2.32. The summed E-state index contributed by atoms with van der Waals surface area (Å²) in [6, 6.07) is 13.7. The van der Waals surface area contributed by atoms with Gasteiger partial charge in [0.2, 0.25) is 5.90 Å². The third-order valence-corrected chi connectivity index (χ3v) is 8.48. The van der Waals surface area contributed by atoms with Crippen LogP contribution in [0, 0.1) is 6.92 Å². The molecule has 7 nitrogen and oxygen atoms in total. The van der Waals surface area contributed by atoms with Crippen molar-refractivity contribution in [3.63, 3.8) is 0 Å². The number of halogens is 1. The fraction of sp³-hybridized carbons (Fsp3) is 0.500. The van der Waals surface area contributed by atoms with Crippen LogP contribution >= 0.6 is 11.6 Å². The second kappa shape index (κ2) is 13.6. The van der Waals surface area contributed by atoms with Gasteiger partial charge in [-0.2, -0.15) is 0 Å². The summed E-state index contributed by atoms with van der Waals surface area (Å²) in [5.41, 5.74) is 5.13. The van der Waals surface area contributed by atoms with Gasteiger partial charge in [0.1, 0.15) is 5.69 Å². The number of aryl methyl sites for hydroxylation is 1. The summed E-state index contributed by atoms with van der Waals surface area (Å²) in [6.07, 6.45) is 3.43. The van der Waals surface area contributed by atoms with Crippen molar-refractivity contribution < 1.29 is 4.74 Å². The highest BCUT2D eigenvalue weighted by Gasteiger charge is 2.37. The Hall–Kier alpha value is -3.03. The standard InChI is InChI=1S/C32H45ClN6O/c1-8-28-21-38(31-15-14-30(36-23(31)4)32(34-7)40-25(6)35-9-2)22(3)20-39(28)29-16-18-37(19-17-29)24(5)26-10-12-27(33)13-11-26/h10-15,22,28-29,35H,5-6,8-9,16-21H2,1-4,7H3/b34-32-/t22-,28+/m1/s1. The van der Waals surface area contributed by atoms with E-state index in [1.807, 2.05) is 25.1 Å². The Kier molecular flexibility index (Phi) is 10.1. The van der Waals surface area contributed by atoms with E-state index >= 15 is 0 Å². The zero-order valence-electron chi connectivity index (χ0n) is 24.8. The van der Waals surface area contributed by atoms with Crippen LogP contribution in [0.4, 0.5) is 5.69 Å². The highest BCUT2D eigenvalue weighted by atomic mass is 35.5. The molecule has 4 rings (SSSR count). The van der Waals surface area contributed by atoms with Crippen LogP contribution in [-0.4, -0.2) is 78.6 Å². The van der Waals surface area contributed by atoms with E-state index in [0.29, 0.717) is 35.6 Å². The van der Waals surface area contributed by atoms with Gasteiger partial charge in [-0.25, -0.2) is 4.98 Å². The molecule has 2 aromatic rings. The topological polar surface area (TPSA) is 56.2 Å². The van der Waals surface area contributed by atoms with Gasteiger partial charge in [0, 0.05) is 68.6 Å². The molecule has 0 aliphatic carbocycles. The number of aliphatic imine (C=N–C) groups is 1. The van der Waals surface area contributed by atoms with E-state index in [4.69, 9.17) is 21.3 Å². The second-order valence-corrected chi connectivity index (χ2v) is 11.3. The van der Waals surface area contributed by atoms with Gasteiger partial charge in [0.15, 0.2) is 5.88 Å². The number of benzene rings is 1. The van der Waals surface area contributed by atoms with Crippen molar-refractivity contribution in [3.8, 4) is 0 Å². The maximum Gasteiger partial charge on any atom is 0.242 e. The predicted octanol–water partition coefficient (Wildman–Crippen LogP) is 5.94. The number of anilines is 1. The number of aromatic nitrogens is 1. The Morgan fingerprint density at radius 3 is 2.40 bits per heavy atom. The second-order valence-electron chi connectivity index (χ2n) is 10.8. The summed E-state index contributed by atoms with van der Waals surface area (Å²) in [5.74, 6) is 0.942. The molecule has 0 amide bonds. The van der Waals surface area contributed by atoms with E-state index in [9.17, 15) is 0 Å². The molecule has 1 aromatic carbocycles. The van der Waals surface area contributed by atoms with Crippen LogP contribution in [0.15, 0.2) is 60.4 Å². The average molecular weight is 565 g/mol. The zero-order chi connectivity index (χ0) is 28.8. The van der Waals surface area contributed by atoms with Crippen molar-refractivity contribution in [1.82, 2.24) is 20.1 Å². The van der Waals surface area contributed by atoms with E-state index in [1.165, 1.54) is 5.69 Å². The van der Waals surface area contributed by atoms with Crippen molar-refractivity contribution in [2.75, 3.05) is 44.7 Å². The lowest BCUT2D eigenvalue weighted by Crippen LogP contribution is -2.61. The Labute approximate surface area is 245 Å². The number of piperidine rings is 1. The Balaban J connectivity index is 1.40. The number of likely N-dealkylation sites (tertiary alicyclic amines) is 1. The minimum atomic E-state index is 0.389. The SMILES string of the molecule is C=C(NCC)O/C(=N\C)c1ccc(N2C[C@H](CC)N(C3CCN(C(=C)c4ccc(Cl)cc4)CC3)C[C@H]2C)c(C)n1. The number of nitrogens with one attached hydrogen (secondary N) is 1. The van der Waals surface area contributed by atoms with Crippen LogP contribution in [0.1, 0.15) is 57.0 Å². The molecule has 2 saturated heterocycles. The van der Waals surface area contributed by atoms with E-state index in [-0.39, 0.29) is 0 Å². The molecule has 2 atom stereocenters. The Bertz CT molecular complexity index is 1200. The molecule has 216 valence electrons. The number of hydrogen-bond acceptors (Lipinski definition) is 7. The molecule has 2 aliphatic heterocycles. The van der Waals surface area contributed by atoms with Crippen LogP contribution in [-0.2, 0) is 4.74 Å². The van der Waals surface area contributed by atoms with Gasteiger partial charge in [0.25, 0.3) is 0 Å². The van der Waals surface area contributed by atoms with Gasteiger partial charge in [-0.15, -0.1) is 0 Å². The van der Waals surface area contributed by atoms with Gasteiger partial charge in [-0.05, 0) is 76.4 Å². The fourth-order valence-corrected chi connectivity index (χ4v) is 6.17. The lowest BCUT2D eigenvalue weighted by molar-refractivity contribution is 0.0643. The third-order valence-electron chi connectivity index (χ3n) is 8.23. The molecule has 40 heavy (non-hydrogen) atoms. The van der Waals surface area contributed by atoms with Crippen LogP contribution in [0.3, 0.4) is 0 Å². The molecular formula is C32H45ClN6O. The number of rotatable bonds is 9. The van der Waals surface area contributed by atoms with Crippen molar-refractivity contribution >= 4 is 28.9 Å². The summed E-state index contributed by atoms with van der Waals surface area (Å²) in [6.45, 7) is 21.9. The average Bonchev–Trinajstić information content (AvgIpc) is 2.96. The lowest BCUT2D eigenvalue weighted by atomic mass is 9.95. The van der Waals surface area contributed by atoms with Crippen molar-refractivity contribution in [1.29, 1.82) is 0 Å². The first kappa shape index (κ1) is 29.9. The Morgan fingerprint density at radius 1 is 1.10 bits per heavy atom. The minimum Gasteiger partial charge on any atom is -0.422 e. The van der Waals surface area contributed by atoms with Gasteiger partial charge in [-0.3, -0.25) is 9.89 Å². The number of nitrogens with zero attached hydrogens (tertiary/aromatic N) is 5. The smallest absolute Gasteiger partial charge is 0.242 e. The lowest BCUT2D eigenvalue weighted by Gasteiger charge is -2.51. The van der Waals surface area contributed by atoms with Gasteiger partial charge in [0.05, 0.1) is 11.4 Å². The first-order chi connectivity index (χ1) is 19.2. The molecule has 0 spiro atoms. The summed E-state index contributed by atoms with van der Waals surface area (Å²) in [7, 11) is 1.71. The molecule has 1 aromatic heterocycles. The molecule has 0 saturated carbocycles. The number of pyridine rings is 1. The van der Waals surface area contributed by atoms with Crippen molar-refractivity contribution in [2.24, 2.45) is 4.99 Å². The fourth-order valence-electron chi connectivity index (χ4n) is 6.04. The van der Waals surface area contributed by atoms with Gasteiger partial charge in [-0.1, -0.05) is 37.2 Å². The molecule has 0 unspecified atom stereocenters. The number of piperazine rings is 1. The highest BCUT2D eigenvalue weighted by molar-refractivity contribution is 6.30. The zero-order valence-corrected chi connectivity index (χ0v) is 25.5. The molecule has 2 aliphatic rings. The molecule has 2 fully saturated rings. The quantitative estimate of drug-likeness (QED) is 0.231. The van der Waals surface area contributed by atoms with Crippen LogP contribution in [0.5, 0.6) is 0 Å². The van der Waals surface area contributed by atoms with Gasteiger partial charge >= 0.3 is 0 Å². The molecular weight excluding hydrogens is 520 g/mol. The Morgan fingerprint density at radius 2 is 1.80 bits per heavy atom. The van der Waals surface area contributed by atoms with E-state index in [2.05, 4.69) is 77.1 Å². The predicted molar refractivity (Wildman–Crippen MR) is 168 cm³/mol. The van der Waals surface area contributed by atoms with Crippen LogP contribution in [0.25, 0.3) is 5.70 Å². The van der Waals surface area contributed by atoms with Gasteiger partial charge < -0.3 is 19.9 Å². The van der Waals surface area contributed by atoms with E-state index in [0.717, 1.165) is 74.0 Å². The molecule has 3 heterocycles. The monoisotopic (exact) mass is 564 g/mol. The third kappa shape index (κ3) is 6.81. The summed E-state index contributed by atoms with van der Waals surface area (Å²) in [4.78, 5) is 16.9. The molecule has 0 bridgehead atoms. The van der Waals surface area contributed by atoms with Crippen molar-refractivity contribution in [3.05, 3.63) is 77.4 Å². The van der Waals surface area contributed by atoms with E-state index in [1.54, 1.807) is 7.05 Å².